The third-order valence-corrected chi connectivity index (χ3v) is 5.59. The zero-order valence-corrected chi connectivity index (χ0v) is 19.1. The Morgan fingerprint density at radius 2 is 1.92 bits per heavy atom. The Morgan fingerprint density at radius 3 is 2.62 bits per heavy atom. The van der Waals surface area contributed by atoms with Crippen molar-refractivity contribution < 1.29 is 31.9 Å². The van der Waals surface area contributed by atoms with Crippen molar-refractivity contribution in [2.24, 2.45) is 0 Å². The van der Waals surface area contributed by atoms with Crippen LogP contribution in [0.15, 0.2) is 71.3 Å². The summed E-state index contributed by atoms with van der Waals surface area (Å²) >= 11 is 0. The van der Waals surface area contributed by atoms with Gasteiger partial charge in [0.25, 0.3) is 11.8 Å². The number of aromatic nitrogens is 3. The lowest BCUT2D eigenvalue weighted by molar-refractivity contribution is -0.0185. The van der Waals surface area contributed by atoms with E-state index >= 15 is 0 Å². The molecule has 2 amide bonds. The summed E-state index contributed by atoms with van der Waals surface area (Å²) in [6.07, 6.45) is -2.18. The molecule has 0 aliphatic carbocycles. The van der Waals surface area contributed by atoms with Gasteiger partial charge < -0.3 is 9.15 Å². The van der Waals surface area contributed by atoms with E-state index in [4.69, 9.17) is 9.15 Å². The van der Waals surface area contributed by atoms with Crippen LogP contribution in [0, 0.1) is 5.82 Å². The Labute approximate surface area is 208 Å². The summed E-state index contributed by atoms with van der Waals surface area (Å²) in [6, 6.07) is 15.3. The van der Waals surface area contributed by atoms with Gasteiger partial charge in [-0.2, -0.15) is 8.78 Å². The van der Waals surface area contributed by atoms with Gasteiger partial charge in [-0.05, 0) is 47.5 Å². The number of hydrogen-bond donors (Lipinski definition) is 0. The Balaban J connectivity index is 1.40. The normalized spacial score (nSPS) is 12.6. The maximum absolute atomic E-state index is 13.4. The molecule has 9 nitrogen and oxygen atoms in total. The number of carbonyl (C=O) groups excluding carboxylic acids is 2. The highest BCUT2D eigenvalue weighted by atomic mass is 19.3. The number of rotatable bonds is 7. The highest BCUT2D eigenvalue weighted by molar-refractivity contribution is 6.00. The van der Waals surface area contributed by atoms with Crippen LogP contribution in [0.1, 0.15) is 39.5 Å². The second-order valence-corrected chi connectivity index (χ2v) is 8.04. The van der Waals surface area contributed by atoms with Crippen LogP contribution in [0.2, 0.25) is 0 Å². The molecule has 0 atom stereocenters. The van der Waals surface area contributed by atoms with Crippen molar-refractivity contribution >= 4 is 12.0 Å². The van der Waals surface area contributed by atoms with Crippen molar-refractivity contribution in [1.82, 2.24) is 25.2 Å². The lowest BCUT2D eigenvalue weighted by Crippen LogP contribution is -2.46. The van der Waals surface area contributed by atoms with Crippen molar-refractivity contribution in [1.29, 1.82) is 0 Å². The predicted octanol–water partition coefficient (Wildman–Crippen LogP) is 4.92. The van der Waals surface area contributed by atoms with Gasteiger partial charge in [0.1, 0.15) is 12.4 Å². The topological polar surface area (TPSA) is 102 Å². The van der Waals surface area contributed by atoms with Crippen LogP contribution in [0.5, 0.6) is 0 Å². The molecule has 4 aromatic rings. The molecule has 0 saturated carbocycles. The fourth-order valence-electron chi connectivity index (χ4n) is 3.76. The fourth-order valence-corrected chi connectivity index (χ4v) is 3.76. The number of hydrogen-bond acceptors (Lipinski definition) is 7. The molecule has 0 unspecified atom stereocenters. The molecule has 1 aliphatic rings. The molecule has 1 aliphatic heterocycles. The minimum Gasteiger partial charge on any atom is -0.442 e. The Morgan fingerprint density at radius 1 is 1.11 bits per heavy atom. The Bertz CT molecular complexity index is 1430. The van der Waals surface area contributed by atoms with Crippen LogP contribution in [-0.2, 0) is 24.4 Å². The largest absolute Gasteiger partial charge is 0.442 e. The average Bonchev–Trinajstić information content (AvgIpc) is 3.53. The second-order valence-electron chi connectivity index (χ2n) is 8.04. The smallest absolute Gasteiger partial charge is 0.429 e. The van der Waals surface area contributed by atoms with Gasteiger partial charge in [0, 0.05) is 17.3 Å². The van der Waals surface area contributed by atoms with E-state index in [1.165, 1.54) is 35.3 Å². The van der Waals surface area contributed by atoms with E-state index in [9.17, 15) is 22.8 Å². The van der Waals surface area contributed by atoms with Gasteiger partial charge in [0.15, 0.2) is 0 Å². The van der Waals surface area contributed by atoms with Crippen LogP contribution in [0.3, 0.4) is 0 Å². The highest BCUT2D eigenvalue weighted by Gasteiger charge is 2.36. The molecule has 0 fully saturated rings. The zero-order chi connectivity index (χ0) is 25.9. The molecular formula is C25H18F3N5O4. The first-order chi connectivity index (χ1) is 17.9. The summed E-state index contributed by atoms with van der Waals surface area (Å²) in [5, 5.41) is 9.25. The van der Waals surface area contributed by atoms with Crippen LogP contribution in [0.25, 0.3) is 11.5 Å². The first-order valence-corrected chi connectivity index (χ1v) is 11.0. The molecule has 37 heavy (non-hydrogen) atoms. The van der Waals surface area contributed by atoms with E-state index in [1.807, 2.05) is 0 Å². The van der Waals surface area contributed by atoms with Gasteiger partial charge in [0.2, 0.25) is 5.89 Å². The van der Waals surface area contributed by atoms with Gasteiger partial charge in [-0.25, -0.2) is 19.2 Å². The van der Waals surface area contributed by atoms with Gasteiger partial charge in [-0.1, -0.05) is 24.3 Å². The summed E-state index contributed by atoms with van der Waals surface area (Å²) in [6.45, 7) is -0.155. The third-order valence-electron chi connectivity index (χ3n) is 5.59. The molecule has 2 aromatic carbocycles. The minimum absolute atomic E-state index is 0.0421. The molecule has 2 aromatic heterocycles. The SMILES string of the molecule is O=C(OCc1ccccn1)N(Cc1ccc(F)cc1)N1Cc2ccc(-c3nnc(C(F)F)o3)cc2C1=O. The molecule has 0 saturated heterocycles. The molecule has 188 valence electrons. The minimum atomic E-state index is -2.93. The summed E-state index contributed by atoms with van der Waals surface area (Å²) in [5.74, 6) is -1.96. The molecule has 12 heteroatoms. The number of pyridine rings is 1. The summed E-state index contributed by atoms with van der Waals surface area (Å²) in [4.78, 5) is 30.6. The van der Waals surface area contributed by atoms with Gasteiger partial charge in [-0.15, -0.1) is 10.2 Å². The third kappa shape index (κ3) is 5.13. The second kappa shape index (κ2) is 10.1. The van der Waals surface area contributed by atoms with E-state index in [0.717, 1.165) is 5.01 Å². The fraction of sp³-hybridized carbons (Fsp3) is 0.160. The highest BCUT2D eigenvalue weighted by Crippen LogP contribution is 2.31. The quantitative estimate of drug-likeness (QED) is 0.349. The molecule has 0 N–H and O–H groups in total. The number of alkyl halides is 2. The molecule has 0 spiro atoms. The number of ether oxygens (including phenoxy) is 1. The van der Waals surface area contributed by atoms with Crippen molar-refractivity contribution in [2.75, 3.05) is 0 Å². The maximum Gasteiger partial charge on any atom is 0.429 e. The van der Waals surface area contributed by atoms with E-state index in [2.05, 4.69) is 15.2 Å². The standard InChI is InChI=1S/C25H18F3N5O4/c26-18-8-4-15(5-9-18)12-33(25(35)36-14-19-3-1-2-10-29-19)32-13-17-7-6-16(11-20(17)24(32)34)22-30-31-23(37-22)21(27)28/h1-11,21H,12-14H2. The first kappa shape index (κ1) is 24.0. The first-order valence-electron chi connectivity index (χ1n) is 11.0. The van der Waals surface area contributed by atoms with Crippen molar-refractivity contribution in [3.05, 3.63) is 101 Å². The maximum atomic E-state index is 13.4. The van der Waals surface area contributed by atoms with Crippen molar-refractivity contribution in [2.45, 2.75) is 26.1 Å². The number of nitrogens with zero attached hydrogens (tertiary/aromatic N) is 5. The monoisotopic (exact) mass is 509 g/mol. The van der Waals surface area contributed by atoms with Crippen LogP contribution < -0.4 is 0 Å². The van der Waals surface area contributed by atoms with Gasteiger partial charge in [-0.3, -0.25) is 9.78 Å². The van der Waals surface area contributed by atoms with Crippen molar-refractivity contribution in [3.8, 4) is 11.5 Å². The molecule has 0 bridgehead atoms. The number of benzene rings is 2. The lowest BCUT2D eigenvalue weighted by atomic mass is 10.1. The predicted molar refractivity (Wildman–Crippen MR) is 121 cm³/mol. The number of carbonyl (C=O) groups is 2. The van der Waals surface area contributed by atoms with E-state index in [-0.39, 0.29) is 36.7 Å². The average molecular weight is 509 g/mol. The summed E-state index contributed by atoms with van der Waals surface area (Å²) in [7, 11) is 0. The number of hydrazine groups is 1. The zero-order valence-electron chi connectivity index (χ0n) is 19.1. The molecule has 5 rings (SSSR count). The van der Waals surface area contributed by atoms with Gasteiger partial charge >= 0.3 is 12.5 Å². The number of amides is 2. The van der Waals surface area contributed by atoms with E-state index in [0.29, 0.717) is 16.8 Å². The van der Waals surface area contributed by atoms with E-state index in [1.54, 1.807) is 36.5 Å². The van der Waals surface area contributed by atoms with Crippen LogP contribution >= 0.6 is 0 Å². The number of halogens is 3. The van der Waals surface area contributed by atoms with Crippen molar-refractivity contribution in [3.63, 3.8) is 0 Å². The molecule has 3 heterocycles. The van der Waals surface area contributed by atoms with Crippen LogP contribution in [-0.4, -0.2) is 37.2 Å². The molecule has 0 radical (unpaired) electrons. The van der Waals surface area contributed by atoms with Gasteiger partial charge in [0.05, 0.1) is 18.8 Å². The molecular weight excluding hydrogens is 491 g/mol. The Kier molecular flexibility index (Phi) is 6.54. The lowest BCUT2D eigenvalue weighted by Gasteiger charge is -2.30. The summed E-state index contributed by atoms with van der Waals surface area (Å²) in [5.41, 5.74) is 2.17. The summed E-state index contributed by atoms with van der Waals surface area (Å²) < 4.78 is 49.5. The Hall–Kier alpha value is -4.74. The van der Waals surface area contributed by atoms with Crippen LogP contribution in [0.4, 0.5) is 18.0 Å². The number of fused-ring (bicyclic) bond motifs is 1. The van der Waals surface area contributed by atoms with E-state index < -0.39 is 30.1 Å².